The topological polar surface area (TPSA) is 76.5 Å². The molecule has 2 heterocycles. The average Bonchev–Trinajstić information content (AvgIpc) is 3.37. The van der Waals surface area contributed by atoms with E-state index in [9.17, 15) is 4.79 Å². The van der Waals surface area contributed by atoms with Gasteiger partial charge in [0, 0.05) is 29.1 Å². The number of fused-ring (bicyclic) bond motifs is 1. The molecular formula is C26H19N5O. The Morgan fingerprint density at radius 1 is 0.906 bits per heavy atom. The minimum atomic E-state index is -0.0311. The maximum Gasteiger partial charge on any atom is 0.258 e. The van der Waals surface area contributed by atoms with E-state index in [0.29, 0.717) is 24.2 Å². The van der Waals surface area contributed by atoms with Crippen molar-refractivity contribution in [2.24, 2.45) is 0 Å². The first-order chi connectivity index (χ1) is 15.8. The minimum Gasteiger partial charge on any atom is -0.311 e. The van der Waals surface area contributed by atoms with E-state index in [-0.39, 0.29) is 5.56 Å². The molecule has 0 unspecified atom stereocenters. The van der Waals surface area contributed by atoms with E-state index in [2.05, 4.69) is 44.6 Å². The Morgan fingerprint density at radius 2 is 1.75 bits per heavy atom. The maximum absolute atomic E-state index is 13.1. The number of nitrogens with zero attached hydrogens (tertiary/aromatic N) is 4. The zero-order valence-corrected chi connectivity index (χ0v) is 17.2. The minimum absolute atomic E-state index is 0.0311. The molecular weight excluding hydrogens is 398 g/mol. The fourth-order valence-corrected chi connectivity index (χ4v) is 3.57. The van der Waals surface area contributed by atoms with E-state index < -0.39 is 0 Å². The van der Waals surface area contributed by atoms with Crippen LogP contribution in [0.2, 0.25) is 0 Å². The van der Waals surface area contributed by atoms with E-state index in [4.69, 9.17) is 0 Å². The lowest BCUT2D eigenvalue weighted by atomic mass is 10.1. The lowest BCUT2D eigenvalue weighted by molar-refractivity contribution is 0.768. The third-order valence-corrected chi connectivity index (χ3v) is 5.26. The third-order valence-electron chi connectivity index (χ3n) is 5.26. The van der Waals surface area contributed by atoms with Gasteiger partial charge in [-0.3, -0.25) is 4.79 Å². The first kappa shape index (κ1) is 19.5. The summed E-state index contributed by atoms with van der Waals surface area (Å²) in [4.78, 5) is 13.1. The fourth-order valence-electron chi connectivity index (χ4n) is 3.57. The van der Waals surface area contributed by atoms with Crippen molar-refractivity contribution >= 4 is 10.8 Å². The molecule has 0 amide bonds. The molecule has 5 aromatic rings. The Hall–Kier alpha value is -4.50. The van der Waals surface area contributed by atoms with Crippen LogP contribution < -0.4 is 5.56 Å². The summed E-state index contributed by atoms with van der Waals surface area (Å²) in [7, 11) is 0. The molecule has 1 N–H and O–H groups in total. The highest BCUT2D eigenvalue weighted by atomic mass is 16.1. The second-order valence-corrected chi connectivity index (χ2v) is 7.45. The van der Waals surface area contributed by atoms with Crippen molar-refractivity contribution < 1.29 is 0 Å². The number of pyridine rings is 1. The van der Waals surface area contributed by atoms with Crippen LogP contribution in [0.15, 0.2) is 89.9 Å². The number of hydrogen-bond acceptors (Lipinski definition) is 4. The molecule has 0 bridgehead atoms. The second-order valence-electron chi connectivity index (χ2n) is 7.45. The van der Waals surface area contributed by atoms with Crippen LogP contribution >= 0.6 is 0 Å². The van der Waals surface area contributed by atoms with Crippen LogP contribution in [0.1, 0.15) is 16.7 Å². The third kappa shape index (κ3) is 4.18. The first-order valence-corrected chi connectivity index (χ1v) is 10.2. The van der Waals surface area contributed by atoms with Gasteiger partial charge in [0.2, 0.25) is 5.82 Å². The van der Waals surface area contributed by atoms with Gasteiger partial charge in [0.1, 0.15) is 0 Å². The molecule has 2 aromatic heterocycles. The fraction of sp³-hybridized carbons (Fsp3) is 0.0769. The van der Waals surface area contributed by atoms with Gasteiger partial charge in [-0.2, -0.15) is 5.21 Å². The molecule has 5 rings (SSSR count). The van der Waals surface area contributed by atoms with Crippen LogP contribution in [-0.2, 0) is 13.0 Å². The molecule has 154 valence electrons. The number of H-pyrrole nitrogens is 1. The molecule has 0 atom stereocenters. The molecule has 0 radical (unpaired) electrons. The van der Waals surface area contributed by atoms with Crippen LogP contribution in [0.5, 0.6) is 0 Å². The highest BCUT2D eigenvalue weighted by Gasteiger charge is 2.06. The summed E-state index contributed by atoms with van der Waals surface area (Å²) in [5.41, 5.74) is 3.86. The summed E-state index contributed by atoms with van der Waals surface area (Å²) in [6.45, 7) is 0.477. The summed E-state index contributed by atoms with van der Waals surface area (Å²) < 4.78 is 1.72. The average molecular weight is 417 g/mol. The van der Waals surface area contributed by atoms with Crippen molar-refractivity contribution in [1.29, 1.82) is 0 Å². The molecule has 3 aromatic carbocycles. The molecule has 0 spiro atoms. The SMILES string of the molecule is O=c1c2cc(C#CCc3ccccc3)ccc2ccn1Cc1ccc(-c2nn[nH]n2)cc1. The number of aromatic nitrogens is 5. The summed E-state index contributed by atoms with van der Waals surface area (Å²) in [6.07, 6.45) is 2.51. The lowest BCUT2D eigenvalue weighted by Crippen LogP contribution is -2.20. The van der Waals surface area contributed by atoms with Gasteiger partial charge in [0.05, 0.1) is 6.54 Å². The normalized spacial score (nSPS) is 10.6. The van der Waals surface area contributed by atoms with Gasteiger partial charge in [-0.15, -0.1) is 10.2 Å². The molecule has 0 saturated carbocycles. The Morgan fingerprint density at radius 3 is 2.53 bits per heavy atom. The first-order valence-electron chi connectivity index (χ1n) is 10.2. The summed E-state index contributed by atoms with van der Waals surface area (Å²) >= 11 is 0. The van der Waals surface area contributed by atoms with E-state index in [1.165, 1.54) is 5.56 Å². The number of rotatable bonds is 4. The number of hydrogen-bond donors (Lipinski definition) is 1. The number of nitrogens with one attached hydrogen (secondary N) is 1. The molecule has 0 aliphatic heterocycles. The van der Waals surface area contributed by atoms with E-state index in [1.54, 1.807) is 4.57 Å². The van der Waals surface area contributed by atoms with Crippen molar-refractivity contribution in [2.75, 3.05) is 0 Å². The zero-order chi connectivity index (χ0) is 21.8. The van der Waals surface area contributed by atoms with E-state index in [1.807, 2.05) is 72.9 Å². The summed E-state index contributed by atoms with van der Waals surface area (Å²) in [6, 6.07) is 25.7. The molecule has 32 heavy (non-hydrogen) atoms. The largest absolute Gasteiger partial charge is 0.311 e. The summed E-state index contributed by atoms with van der Waals surface area (Å²) in [5.74, 6) is 6.92. The standard InChI is InChI=1S/C26H19N5O/c32-26-24-17-20(8-4-7-19-5-2-1-3-6-19)9-12-22(24)15-16-31(26)18-21-10-13-23(14-11-21)25-27-29-30-28-25/h1-3,5-6,9-17H,7,18H2,(H,27,28,29,30). The quantitative estimate of drug-likeness (QED) is 0.451. The highest BCUT2D eigenvalue weighted by molar-refractivity contribution is 5.82. The Bertz CT molecular complexity index is 1480. The van der Waals surface area contributed by atoms with E-state index in [0.717, 1.165) is 22.1 Å². The number of benzene rings is 3. The van der Waals surface area contributed by atoms with Crippen LogP contribution in [0.3, 0.4) is 0 Å². The van der Waals surface area contributed by atoms with E-state index >= 15 is 0 Å². The van der Waals surface area contributed by atoms with Gasteiger partial charge in [-0.1, -0.05) is 72.5 Å². The zero-order valence-electron chi connectivity index (χ0n) is 17.2. The van der Waals surface area contributed by atoms with Crippen LogP contribution in [-0.4, -0.2) is 25.2 Å². The lowest BCUT2D eigenvalue weighted by Gasteiger charge is -2.08. The Labute approximate surface area is 184 Å². The predicted octanol–water partition coefficient (Wildman–Crippen LogP) is 3.82. The van der Waals surface area contributed by atoms with Crippen molar-refractivity contribution in [3.8, 4) is 23.2 Å². The van der Waals surface area contributed by atoms with Crippen molar-refractivity contribution in [2.45, 2.75) is 13.0 Å². The predicted molar refractivity (Wildman–Crippen MR) is 124 cm³/mol. The van der Waals surface area contributed by atoms with Crippen molar-refractivity contribution in [3.05, 3.63) is 112 Å². The molecule has 0 aliphatic rings. The monoisotopic (exact) mass is 417 g/mol. The van der Waals surface area contributed by atoms with Gasteiger partial charge >= 0.3 is 0 Å². The molecule has 6 heteroatoms. The van der Waals surface area contributed by atoms with Gasteiger partial charge in [-0.05, 0) is 39.9 Å². The van der Waals surface area contributed by atoms with Crippen molar-refractivity contribution in [1.82, 2.24) is 25.2 Å². The van der Waals surface area contributed by atoms with Crippen LogP contribution in [0, 0.1) is 11.8 Å². The van der Waals surface area contributed by atoms with Gasteiger partial charge in [0.15, 0.2) is 0 Å². The maximum atomic E-state index is 13.1. The highest BCUT2D eigenvalue weighted by Crippen LogP contribution is 2.16. The van der Waals surface area contributed by atoms with Gasteiger partial charge in [-0.25, -0.2) is 0 Å². The smallest absolute Gasteiger partial charge is 0.258 e. The number of aromatic amines is 1. The number of tetrazole rings is 1. The van der Waals surface area contributed by atoms with Crippen molar-refractivity contribution in [3.63, 3.8) is 0 Å². The second kappa shape index (κ2) is 8.70. The van der Waals surface area contributed by atoms with Gasteiger partial charge in [0.25, 0.3) is 5.56 Å². The van der Waals surface area contributed by atoms with Gasteiger partial charge < -0.3 is 4.57 Å². The van der Waals surface area contributed by atoms with Crippen LogP contribution in [0.25, 0.3) is 22.2 Å². The Kier molecular flexibility index (Phi) is 5.29. The molecule has 0 saturated heterocycles. The molecule has 6 nitrogen and oxygen atoms in total. The Balaban J connectivity index is 1.39. The summed E-state index contributed by atoms with van der Waals surface area (Å²) in [5, 5.41) is 15.6. The van der Waals surface area contributed by atoms with Crippen LogP contribution in [0.4, 0.5) is 0 Å². The molecule has 0 fully saturated rings. The molecule has 0 aliphatic carbocycles.